The topological polar surface area (TPSA) is 49.9 Å². The number of nitrogens with zero attached hydrogens (tertiary/aromatic N) is 2. The van der Waals surface area contributed by atoms with Gasteiger partial charge in [0.25, 0.3) is 0 Å². The molecule has 0 bridgehead atoms. The van der Waals surface area contributed by atoms with Crippen LogP contribution >= 0.6 is 0 Å². The van der Waals surface area contributed by atoms with Gasteiger partial charge < -0.3 is 14.5 Å². The fourth-order valence-corrected chi connectivity index (χ4v) is 3.68. The lowest BCUT2D eigenvalue weighted by Gasteiger charge is -2.26. The Bertz CT molecular complexity index is 834. The Hall–Kier alpha value is -2.82. The molecule has 0 saturated carbocycles. The molecular formula is C22H26N2O3. The van der Waals surface area contributed by atoms with Gasteiger partial charge in [-0.3, -0.25) is 9.59 Å². The fraction of sp³-hybridized carbons (Fsp3) is 0.364. The van der Waals surface area contributed by atoms with Gasteiger partial charge in [-0.15, -0.1) is 0 Å². The molecule has 27 heavy (non-hydrogen) atoms. The molecule has 1 heterocycles. The summed E-state index contributed by atoms with van der Waals surface area (Å²) in [7, 11) is 1.62. The highest BCUT2D eigenvalue weighted by molar-refractivity contribution is 5.96. The Kier molecular flexibility index (Phi) is 5.79. The van der Waals surface area contributed by atoms with Crippen LogP contribution in [0.25, 0.3) is 0 Å². The number of carbonyl (C=O) groups excluding carboxylic acids is 2. The number of benzene rings is 2. The second-order valence-electron chi connectivity index (χ2n) is 6.95. The van der Waals surface area contributed by atoms with Gasteiger partial charge in [-0.25, -0.2) is 0 Å². The molecule has 0 N–H and O–H groups in total. The zero-order chi connectivity index (χ0) is 19.4. The van der Waals surface area contributed by atoms with Crippen molar-refractivity contribution < 1.29 is 14.3 Å². The number of hydrogen-bond acceptors (Lipinski definition) is 3. The summed E-state index contributed by atoms with van der Waals surface area (Å²) in [5.74, 6) is 0.750. The number of rotatable bonds is 6. The van der Waals surface area contributed by atoms with Crippen LogP contribution in [0.4, 0.5) is 5.69 Å². The first-order chi connectivity index (χ1) is 13.0. The largest absolute Gasteiger partial charge is 0.496 e. The Morgan fingerprint density at radius 2 is 1.85 bits per heavy atom. The van der Waals surface area contributed by atoms with Crippen LogP contribution in [-0.2, 0) is 22.6 Å². The molecule has 1 atom stereocenters. The molecule has 1 unspecified atom stereocenters. The van der Waals surface area contributed by atoms with Crippen molar-refractivity contribution in [2.45, 2.75) is 39.3 Å². The van der Waals surface area contributed by atoms with Crippen LogP contribution < -0.4 is 9.64 Å². The smallest absolute Gasteiger partial charge is 0.229 e. The van der Waals surface area contributed by atoms with E-state index in [2.05, 4.69) is 13.0 Å². The summed E-state index contributed by atoms with van der Waals surface area (Å²) in [5, 5.41) is 0. The van der Waals surface area contributed by atoms with Crippen LogP contribution in [0.1, 0.15) is 31.4 Å². The minimum Gasteiger partial charge on any atom is -0.496 e. The minimum absolute atomic E-state index is 0.0522. The molecule has 5 nitrogen and oxygen atoms in total. The highest BCUT2D eigenvalue weighted by atomic mass is 16.5. The van der Waals surface area contributed by atoms with E-state index in [0.29, 0.717) is 19.5 Å². The minimum atomic E-state index is -0.0522. The third kappa shape index (κ3) is 4.13. The standard InChI is InChI=1S/C22H26N2O3/c1-16-14-18-8-4-6-10-20(18)24(16)22(26)12-13-23(17(2)25)15-19-9-5-7-11-21(19)27-3/h4-11,16H,12-15H2,1-3H3. The Balaban J connectivity index is 1.68. The molecule has 0 radical (unpaired) electrons. The van der Waals surface area contributed by atoms with Crippen molar-refractivity contribution in [3.05, 3.63) is 59.7 Å². The molecule has 1 aliphatic rings. The van der Waals surface area contributed by atoms with Gasteiger partial charge in [-0.2, -0.15) is 0 Å². The van der Waals surface area contributed by atoms with Crippen molar-refractivity contribution in [3.63, 3.8) is 0 Å². The van der Waals surface area contributed by atoms with Crippen LogP contribution in [0, 0.1) is 0 Å². The molecule has 0 aromatic heterocycles. The molecule has 5 heteroatoms. The molecule has 0 fully saturated rings. The zero-order valence-corrected chi connectivity index (χ0v) is 16.1. The maximum Gasteiger partial charge on any atom is 0.229 e. The van der Waals surface area contributed by atoms with E-state index in [-0.39, 0.29) is 17.9 Å². The molecule has 0 spiro atoms. The molecule has 0 aliphatic carbocycles. The third-order valence-electron chi connectivity index (χ3n) is 5.07. The Morgan fingerprint density at radius 1 is 1.15 bits per heavy atom. The average Bonchev–Trinajstić information content (AvgIpc) is 3.00. The van der Waals surface area contributed by atoms with Gasteiger partial charge in [0.1, 0.15) is 5.75 Å². The van der Waals surface area contributed by atoms with E-state index in [1.165, 1.54) is 12.5 Å². The summed E-state index contributed by atoms with van der Waals surface area (Å²) < 4.78 is 5.37. The van der Waals surface area contributed by atoms with E-state index >= 15 is 0 Å². The SMILES string of the molecule is COc1ccccc1CN(CCC(=O)N1c2ccccc2CC1C)C(C)=O. The zero-order valence-electron chi connectivity index (χ0n) is 16.1. The summed E-state index contributed by atoms with van der Waals surface area (Å²) in [6, 6.07) is 15.8. The predicted molar refractivity (Wildman–Crippen MR) is 106 cm³/mol. The molecule has 0 saturated heterocycles. The number of anilines is 1. The maximum atomic E-state index is 12.9. The molecule has 3 rings (SSSR count). The van der Waals surface area contributed by atoms with Crippen molar-refractivity contribution in [1.29, 1.82) is 0 Å². The quantitative estimate of drug-likeness (QED) is 0.787. The van der Waals surface area contributed by atoms with Gasteiger partial charge in [0, 0.05) is 43.7 Å². The third-order valence-corrected chi connectivity index (χ3v) is 5.07. The average molecular weight is 366 g/mol. The number of hydrogen-bond donors (Lipinski definition) is 0. The van der Waals surface area contributed by atoms with Crippen LogP contribution in [0.3, 0.4) is 0 Å². The number of ether oxygens (including phenoxy) is 1. The molecule has 1 aliphatic heterocycles. The number of amides is 2. The molecule has 142 valence electrons. The summed E-state index contributed by atoms with van der Waals surface area (Å²) in [6.45, 7) is 4.42. The van der Waals surface area contributed by atoms with Gasteiger partial charge in [0.2, 0.25) is 11.8 Å². The van der Waals surface area contributed by atoms with Crippen molar-refractivity contribution >= 4 is 17.5 Å². The highest BCUT2D eigenvalue weighted by Gasteiger charge is 2.30. The van der Waals surface area contributed by atoms with E-state index < -0.39 is 0 Å². The lowest BCUT2D eigenvalue weighted by Crippen LogP contribution is -2.39. The maximum absolute atomic E-state index is 12.9. The lowest BCUT2D eigenvalue weighted by atomic mass is 10.1. The van der Waals surface area contributed by atoms with Crippen molar-refractivity contribution in [3.8, 4) is 5.75 Å². The fourth-order valence-electron chi connectivity index (χ4n) is 3.68. The number of fused-ring (bicyclic) bond motifs is 1. The Morgan fingerprint density at radius 3 is 2.59 bits per heavy atom. The van der Waals surface area contributed by atoms with E-state index in [4.69, 9.17) is 4.74 Å². The molecule has 2 aromatic carbocycles. The van der Waals surface area contributed by atoms with Gasteiger partial charge in [0.05, 0.1) is 7.11 Å². The first kappa shape index (κ1) is 19.0. The molecule has 2 amide bonds. The van der Waals surface area contributed by atoms with E-state index in [0.717, 1.165) is 23.4 Å². The van der Waals surface area contributed by atoms with Crippen LogP contribution in [0.2, 0.25) is 0 Å². The second-order valence-corrected chi connectivity index (χ2v) is 6.95. The number of methoxy groups -OCH3 is 1. The summed E-state index contributed by atoms with van der Waals surface area (Å²) in [5.41, 5.74) is 3.13. The van der Waals surface area contributed by atoms with E-state index in [1.54, 1.807) is 12.0 Å². The van der Waals surface area contributed by atoms with Crippen molar-refractivity contribution in [1.82, 2.24) is 4.90 Å². The summed E-state index contributed by atoms with van der Waals surface area (Å²) in [6.07, 6.45) is 1.17. The highest BCUT2D eigenvalue weighted by Crippen LogP contribution is 2.32. The van der Waals surface area contributed by atoms with Gasteiger partial charge in [0.15, 0.2) is 0 Å². The second kappa shape index (κ2) is 8.25. The lowest BCUT2D eigenvalue weighted by molar-refractivity contribution is -0.130. The molecule has 2 aromatic rings. The first-order valence-corrected chi connectivity index (χ1v) is 9.28. The van der Waals surface area contributed by atoms with Crippen LogP contribution in [0.5, 0.6) is 5.75 Å². The number of para-hydroxylation sites is 2. The van der Waals surface area contributed by atoms with Gasteiger partial charge in [-0.05, 0) is 31.0 Å². The number of carbonyl (C=O) groups is 2. The van der Waals surface area contributed by atoms with E-state index in [1.807, 2.05) is 47.4 Å². The van der Waals surface area contributed by atoms with E-state index in [9.17, 15) is 9.59 Å². The van der Waals surface area contributed by atoms with Gasteiger partial charge in [-0.1, -0.05) is 36.4 Å². The van der Waals surface area contributed by atoms with Crippen LogP contribution in [0.15, 0.2) is 48.5 Å². The first-order valence-electron chi connectivity index (χ1n) is 9.28. The summed E-state index contributed by atoms with van der Waals surface area (Å²) >= 11 is 0. The Labute approximate surface area is 160 Å². The monoisotopic (exact) mass is 366 g/mol. The normalized spacial score (nSPS) is 15.4. The summed E-state index contributed by atoms with van der Waals surface area (Å²) in [4.78, 5) is 28.6. The van der Waals surface area contributed by atoms with Crippen LogP contribution in [-0.4, -0.2) is 36.4 Å². The van der Waals surface area contributed by atoms with Crippen molar-refractivity contribution in [2.24, 2.45) is 0 Å². The van der Waals surface area contributed by atoms with Crippen molar-refractivity contribution in [2.75, 3.05) is 18.6 Å². The molecular weight excluding hydrogens is 340 g/mol. The predicted octanol–water partition coefficient (Wildman–Crippen LogP) is 3.41. The van der Waals surface area contributed by atoms with Gasteiger partial charge >= 0.3 is 0 Å².